The summed E-state index contributed by atoms with van der Waals surface area (Å²) in [5.74, 6) is -7.05. The fourth-order valence-electron chi connectivity index (χ4n) is 7.17. The first kappa shape index (κ1) is 34.6. The third-order valence-electron chi connectivity index (χ3n) is 9.13. The first-order valence-electron chi connectivity index (χ1n) is 15.6. The van der Waals surface area contributed by atoms with Crippen molar-refractivity contribution in [2.45, 2.75) is 79.1 Å². The Morgan fingerprint density at radius 2 is 1.74 bits per heavy atom. The molecule has 2 aliphatic rings. The summed E-state index contributed by atoms with van der Waals surface area (Å²) in [4.78, 5) is 38.6. The van der Waals surface area contributed by atoms with Gasteiger partial charge in [0.2, 0.25) is 11.8 Å². The van der Waals surface area contributed by atoms with Crippen LogP contribution in [0.25, 0.3) is 21.7 Å². The van der Waals surface area contributed by atoms with E-state index < -0.39 is 52.6 Å². The molecule has 2 aromatic carbocycles. The molecule has 3 unspecified atom stereocenters. The van der Waals surface area contributed by atoms with Gasteiger partial charge in [-0.25, -0.2) is 27.5 Å². The molecule has 2 bridgehead atoms. The van der Waals surface area contributed by atoms with Crippen LogP contribution in [0, 0.1) is 47.4 Å². The molecular weight excluding hydrogens is 600 g/mol. The van der Waals surface area contributed by atoms with E-state index in [1.165, 1.54) is 43.1 Å². The highest BCUT2D eigenvalue weighted by atomic mass is 19.2. The first-order chi connectivity index (χ1) is 21.9. The Kier molecular flexibility index (Phi) is 10.8. The van der Waals surface area contributed by atoms with Crippen LogP contribution in [0.3, 0.4) is 0 Å². The van der Waals surface area contributed by atoms with Crippen molar-refractivity contribution in [3.63, 3.8) is 0 Å². The predicted octanol–water partition coefficient (Wildman–Crippen LogP) is 8.84. The number of anilines is 1. The molecule has 46 heavy (non-hydrogen) atoms. The number of nitrogens with zero attached hydrogens (tertiary/aromatic N) is 6. The molecular formula is C34H38F4N6O2. The molecule has 8 nitrogen and oxygen atoms in total. The Morgan fingerprint density at radius 3 is 2.41 bits per heavy atom. The molecule has 0 saturated heterocycles. The monoisotopic (exact) mass is 638 g/mol. The van der Waals surface area contributed by atoms with Gasteiger partial charge < -0.3 is 0 Å². The van der Waals surface area contributed by atoms with Crippen molar-refractivity contribution >= 4 is 17.6 Å². The maximum Gasteiger partial charge on any atom is 0.249 e. The smallest absolute Gasteiger partial charge is 0.249 e. The lowest BCUT2D eigenvalue weighted by atomic mass is 9.57. The van der Waals surface area contributed by atoms with Gasteiger partial charge in [-0.05, 0) is 72.5 Å². The predicted molar refractivity (Wildman–Crippen MR) is 167 cm³/mol. The van der Waals surface area contributed by atoms with E-state index in [9.17, 15) is 27.2 Å². The molecule has 5 rings (SSSR count). The van der Waals surface area contributed by atoms with Crippen LogP contribution in [0.2, 0.25) is 0 Å². The van der Waals surface area contributed by atoms with Gasteiger partial charge in [0, 0.05) is 28.6 Å². The standard InChI is InChI=1S/C32H32F4N6O2.C2H6/c1-17-11-19-5-4-10-32(13-17,14-19)15-23-30(38-16-24(39-23)20-6-8-21(9-7-20)31(44)40-41-37)42(3)25(43)12-22-18(2)26(33)28(35)29(36)27(22)34;1-2/h6-9,16-17,19H,4-5,10-15H2,1-3H3;1-2H3. The number of halogens is 4. The van der Waals surface area contributed by atoms with Crippen molar-refractivity contribution in [1.82, 2.24) is 9.97 Å². The van der Waals surface area contributed by atoms with Gasteiger partial charge in [-0.15, -0.1) is 0 Å². The third-order valence-corrected chi connectivity index (χ3v) is 9.13. The third kappa shape index (κ3) is 7.07. The number of amides is 2. The molecule has 0 radical (unpaired) electrons. The average molecular weight is 639 g/mol. The molecule has 3 atom stereocenters. The van der Waals surface area contributed by atoms with E-state index in [0.29, 0.717) is 35.2 Å². The number of likely N-dealkylation sites (N-methyl/N-ethyl adjacent to an activating group) is 1. The number of rotatable bonds is 7. The Bertz CT molecular complexity index is 1640. The molecule has 12 heteroatoms. The van der Waals surface area contributed by atoms with Gasteiger partial charge in [0.05, 0.1) is 24.0 Å². The highest BCUT2D eigenvalue weighted by Crippen LogP contribution is 2.53. The van der Waals surface area contributed by atoms with Crippen LogP contribution >= 0.6 is 0 Å². The lowest BCUT2D eigenvalue weighted by Crippen LogP contribution is -2.39. The number of fused-ring (bicyclic) bond motifs is 2. The highest BCUT2D eigenvalue weighted by Gasteiger charge is 2.43. The molecule has 1 aromatic heterocycles. The van der Waals surface area contributed by atoms with Gasteiger partial charge in [-0.3, -0.25) is 14.5 Å². The molecule has 2 fully saturated rings. The van der Waals surface area contributed by atoms with Crippen LogP contribution in [-0.2, 0) is 17.6 Å². The second-order valence-electron chi connectivity index (χ2n) is 12.3. The Labute approximate surface area is 265 Å². The quantitative estimate of drug-likeness (QED) is 0.0643. The minimum absolute atomic E-state index is 0.0377. The normalized spacial score (nSPS) is 20.2. The minimum Gasteiger partial charge on any atom is -0.298 e. The van der Waals surface area contributed by atoms with E-state index in [4.69, 9.17) is 10.5 Å². The van der Waals surface area contributed by atoms with Crippen LogP contribution in [0.15, 0.2) is 35.6 Å². The van der Waals surface area contributed by atoms with Gasteiger partial charge in [0.1, 0.15) is 0 Å². The fourth-order valence-corrected chi connectivity index (χ4v) is 7.17. The van der Waals surface area contributed by atoms with Crippen molar-refractivity contribution in [3.8, 4) is 11.3 Å². The molecule has 0 N–H and O–H groups in total. The van der Waals surface area contributed by atoms with Gasteiger partial charge in [0.25, 0.3) is 0 Å². The maximum absolute atomic E-state index is 14.6. The maximum atomic E-state index is 14.6. The zero-order valence-electron chi connectivity index (χ0n) is 26.7. The summed E-state index contributed by atoms with van der Waals surface area (Å²) < 4.78 is 56.6. The van der Waals surface area contributed by atoms with Crippen molar-refractivity contribution in [3.05, 3.63) is 86.6 Å². The van der Waals surface area contributed by atoms with Crippen molar-refractivity contribution in [2.24, 2.45) is 22.4 Å². The minimum atomic E-state index is -1.96. The number of carbonyl (C=O) groups excluding carboxylic acids is 2. The summed E-state index contributed by atoms with van der Waals surface area (Å²) in [5, 5.41) is 3.11. The SMILES string of the molecule is CC.Cc1c(F)c(F)c(F)c(F)c1CC(=O)N(C)c1ncc(-c2ccc(C(=O)N=[N+]=[N-])cc2)nc1CC12CCCC(CC(C)C1)C2. The topological polar surface area (TPSA) is 112 Å². The number of azide groups is 1. The van der Waals surface area contributed by atoms with Crippen molar-refractivity contribution in [1.29, 1.82) is 0 Å². The molecule has 2 amide bonds. The van der Waals surface area contributed by atoms with E-state index in [-0.39, 0.29) is 16.8 Å². The number of benzene rings is 2. The molecule has 1 heterocycles. The highest BCUT2D eigenvalue weighted by molar-refractivity contribution is 5.95. The summed E-state index contributed by atoms with van der Waals surface area (Å²) in [7, 11) is 1.44. The Balaban J connectivity index is 0.00000235. The summed E-state index contributed by atoms with van der Waals surface area (Å²) >= 11 is 0. The number of hydrogen-bond donors (Lipinski definition) is 0. The Hall–Kier alpha value is -4.31. The van der Waals surface area contributed by atoms with Gasteiger partial charge >= 0.3 is 0 Å². The first-order valence-corrected chi connectivity index (χ1v) is 15.6. The lowest BCUT2D eigenvalue weighted by molar-refractivity contribution is -0.117. The molecule has 244 valence electrons. The van der Waals surface area contributed by atoms with Crippen LogP contribution in [0.4, 0.5) is 23.4 Å². The zero-order valence-corrected chi connectivity index (χ0v) is 26.7. The zero-order chi connectivity index (χ0) is 33.8. The average Bonchev–Trinajstić information content (AvgIpc) is 3.05. The van der Waals surface area contributed by atoms with E-state index in [0.717, 1.165) is 32.6 Å². The van der Waals surface area contributed by atoms with Crippen molar-refractivity contribution < 1.29 is 27.2 Å². The second kappa shape index (κ2) is 14.4. The summed E-state index contributed by atoms with van der Waals surface area (Å²) in [5.41, 5.74) is 9.37. The number of aromatic nitrogens is 2. The number of hydrogen-bond acceptors (Lipinski definition) is 4. The van der Waals surface area contributed by atoms with Crippen LogP contribution in [0.1, 0.15) is 86.5 Å². The summed E-state index contributed by atoms with van der Waals surface area (Å²) in [6, 6.07) is 6.34. The second-order valence-corrected chi connectivity index (χ2v) is 12.3. The molecule has 0 aliphatic heterocycles. The lowest BCUT2D eigenvalue weighted by Gasteiger charge is -2.48. The van der Waals surface area contributed by atoms with Gasteiger partial charge in [-0.2, -0.15) is 0 Å². The molecule has 2 aliphatic carbocycles. The molecule has 2 saturated carbocycles. The summed E-state index contributed by atoms with van der Waals surface area (Å²) in [6.07, 6.45) is 7.80. The largest absolute Gasteiger partial charge is 0.298 e. The van der Waals surface area contributed by atoms with Crippen molar-refractivity contribution in [2.75, 3.05) is 11.9 Å². The van der Waals surface area contributed by atoms with E-state index in [2.05, 4.69) is 21.9 Å². The van der Waals surface area contributed by atoms with Gasteiger partial charge in [-0.1, -0.05) is 57.9 Å². The fraction of sp³-hybridized carbons (Fsp3) is 0.471. The van der Waals surface area contributed by atoms with Crippen LogP contribution in [-0.4, -0.2) is 28.8 Å². The number of carbonyl (C=O) groups is 2. The van der Waals surface area contributed by atoms with Crippen LogP contribution in [0.5, 0.6) is 0 Å². The molecule has 3 aromatic rings. The van der Waals surface area contributed by atoms with E-state index in [1.807, 2.05) is 13.8 Å². The molecule has 0 spiro atoms. The van der Waals surface area contributed by atoms with Gasteiger partial charge in [0.15, 0.2) is 29.1 Å². The summed E-state index contributed by atoms with van der Waals surface area (Å²) in [6.45, 7) is 7.35. The van der Waals surface area contributed by atoms with E-state index in [1.54, 1.807) is 12.1 Å². The van der Waals surface area contributed by atoms with E-state index >= 15 is 0 Å². The van der Waals surface area contributed by atoms with Crippen LogP contribution < -0.4 is 4.90 Å². The Morgan fingerprint density at radius 1 is 1.07 bits per heavy atom.